The number of aromatic nitrogens is 3. The van der Waals surface area contributed by atoms with E-state index < -0.39 is 0 Å². The van der Waals surface area contributed by atoms with Gasteiger partial charge in [0.1, 0.15) is 11.6 Å². The molecule has 0 radical (unpaired) electrons. The van der Waals surface area contributed by atoms with Crippen LogP contribution in [0.5, 0.6) is 0 Å². The molecule has 4 aromatic rings. The number of nitrogens with zero attached hydrogens (tertiary/aromatic N) is 3. The van der Waals surface area contributed by atoms with E-state index in [1.54, 1.807) is 17.4 Å². The minimum Gasteiger partial charge on any atom is -0.295 e. The molecule has 2 aromatic carbocycles. The third-order valence-corrected chi connectivity index (χ3v) is 4.41. The summed E-state index contributed by atoms with van der Waals surface area (Å²) in [7, 11) is 0. The van der Waals surface area contributed by atoms with Crippen LogP contribution in [-0.2, 0) is 5.88 Å². The van der Waals surface area contributed by atoms with Crippen LogP contribution in [0, 0.1) is 5.82 Å². The average Bonchev–Trinajstić information content (AvgIpc) is 3.09. The Morgan fingerprint density at radius 3 is 2.90 bits per heavy atom. The number of benzene rings is 2. The van der Waals surface area contributed by atoms with Gasteiger partial charge in [-0.05, 0) is 30.3 Å². The summed E-state index contributed by atoms with van der Waals surface area (Å²) in [5.41, 5.74) is 5.19. The van der Waals surface area contributed by atoms with Crippen LogP contribution in [0.15, 0.2) is 41.9 Å². The van der Waals surface area contributed by atoms with Crippen LogP contribution in [-0.4, -0.2) is 14.5 Å². The summed E-state index contributed by atoms with van der Waals surface area (Å²) in [4.78, 5) is 8.69. The van der Waals surface area contributed by atoms with E-state index >= 15 is 0 Å². The highest BCUT2D eigenvalue weighted by molar-refractivity contribution is 7.16. The molecule has 2 aromatic heterocycles. The molecule has 0 N–H and O–H groups in total. The van der Waals surface area contributed by atoms with Gasteiger partial charge in [-0.15, -0.1) is 22.9 Å². The maximum absolute atomic E-state index is 13.4. The van der Waals surface area contributed by atoms with Crippen molar-refractivity contribution in [3.63, 3.8) is 0 Å². The predicted molar refractivity (Wildman–Crippen MR) is 83.8 cm³/mol. The summed E-state index contributed by atoms with van der Waals surface area (Å²) in [6.45, 7) is 0. The van der Waals surface area contributed by atoms with Crippen LogP contribution in [0.3, 0.4) is 0 Å². The molecule has 0 saturated heterocycles. The first kappa shape index (κ1) is 12.7. The highest BCUT2D eigenvalue weighted by atomic mass is 35.5. The minimum atomic E-state index is -0.300. The number of halogens is 2. The molecule has 0 saturated carbocycles. The molecule has 2 heterocycles. The van der Waals surface area contributed by atoms with E-state index in [1.807, 2.05) is 28.3 Å². The zero-order valence-corrected chi connectivity index (χ0v) is 12.3. The van der Waals surface area contributed by atoms with E-state index in [1.165, 1.54) is 12.1 Å². The summed E-state index contributed by atoms with van der Waals surface area (Å²) in [6, 6.07) is 10.6. The molecule has 0 atom stereocenters. The standard InChI is InChI=1S/C15H9ClFN3S/c16-7-15-19-12-5-9(17)1-4-13(12)20(15)10-2-3-11-14(6-10)21-8-18-11/h1-6,8H,7H2. The second-order valence-corrected chi connectivity index (χ2v) is 5.79. The number of hydrogen-bond acceptors (Lipinski definition) is 3. The maximum atomic E-state index is 13.4. The van der Waals surface area contributed by atoms with Gasteiger partial charge in [0.2, 0.25) is 0 Å². The van der Waals surface area contributed by atoms with Crippen molar-refractivity contribution in [2.75, 3.05) is 0 Å². The van der Waals surface area contributed by atoms with Crippen molar-refractivity contribution in [3.05, 3.63) is 53.6 Å². The molecule has 0 aliphatic carbocycles. The molecular formula is C15H9ClFN3S. The Kier molecular flexibility index (Phi) is 2.90. The number of thiazole rings is 1. The van der Waals surface area contributed by atoms with Gasteiger partial charge < -0.3 is 0 Å². The number of imidazole rings is 1. The lowest BCUT2D eigenvalue weighted by Gasteiger charge is -2.07. The summed E-state index contributed by atoms with van der Waals surface area (Å²) in [5, 5.41) is 0. The monoisotopic (exact) mass is 317 g/mol. The van der Waals surface area contributed by atoms with Gasteiger partial charge in [-0.3, -0.25) is 4.57 Å². The first-order chi connectivity index (χ1) is 10.3. The van der Waals surface area contributed by atoms with Crippen molar-refractivity contribution >= 4 is 44.2 Å². The molecule has 0 fully saturated rings. The van der Waals surface area contributed by atoms with Crippen LogP contribution in [0.1, 0.15) is 5.82 Å². The number of hydrogen-bond donors (Lipinski definition) is 0. The van der Waals surface area contributed by atoms with E-state index in [0.29, 0.717) is 11.3 Å². The van der Waals surface area contributed by atoms with Gasteiger partial charge in [0.05, 0.1) is 32.6 Å². The minimum absolute atomic E-state index is 0.261. The summed E-state index contributed by atoms with van der Waals surface area (Å²) in [5.74, 6) is 0.657. The van der Waals surface area contributed by atoms with Crippen LogP contribution >= 0.6 is 22.9 Å². The lowest BCUT2D eigenvalue weighted by atomic mass is 10.2. The second-order valence-electron chi connectivity index (χ2n) is 4.63. The zero-order valence-electron chi connectivity index (χ0n) is 10.8. The van der Waals surface area contributed by atoms with Crippen LogP contribution in [0.4, 0.5) is 4.39 Å². The zero-order chi connectivity index (χ0) is 14.4. The fourth-order valence-corrected chi connectivity index (χ4v) is 3.35. The number of alkyl halides is 1. The van der Waals surface area contributed by atoms with Crippen molar-refractivity contribution in [2.45, 2.75) is 5.88 Å². The summed E-state index contributed by atoms with van der Waals surface area (Å²) in [6.07, 6.45) is 0. The van der Waals surface area contributed by atoms with E-state index in [2.05, 4.69) is 9.97 Å². The van der Waals surface area contributed by atoms with E-state index in [9.17, 15) is 4.39 Å². The number of rotatable bonds is 2. The largest absolute Gasteiger partial charge is 0.295 e. The SMILES string of the molecule is Fc1ccc2c(c1)nc(CCl)n2-c1ccc2ncsc2c1. The average molecular weight is 318 g/mol. The maximum Gasteiger partial charge on any atom is 0.129 e. The molecule has 3 nitrogen and oxygen atoms in total. The molecule has 4 rings (SSSR count). The Morgan fingerprint density at radius 2 is 2.05 bits per heavy atom. The van der Waals surface area contributed by atoms with E-state index in [-0.39, 0.29) is 11.7 Å². The smallest absolute Gasteiger partial charge is 0.129 e. The van der Waals surface area contributed by atoms with Crippen molar-refractivity contribution in [2.24, 2.45) is 0 Å². The summed E-state index contributed by atoms with van der Waals surface area (Å²) >= 11 is 7.59. The molecule has 0 amide bonds. The topological polar surface area (TPSA) is 30.7 Å². The van der Waals surface area contributed by atoms with Gasteiger partial charge in [0.25, 0.3) is 0 Å². The van der Waals surface area contributed by atoms with Crippen molar-refractivity contribution in [3.8, 4) is 5.69 Å². The van der Waals surface area contributed by atoms with Gasteiger partial charge in [-0.1, -0.05) is 0 Å². The van der Waals surface area contributed by atoms with Gasteiger partial charge in [0, 0.05) is 11.8 Å². The molecule has 0 aliphatic heterocycles. The van der Waals surface area contributed by atoms with Crippen LogP contribution < -0.4 is 0 Å². The fourth-order valence-electron chi connectivity index (χ4n) is 2.46. The molecule has 0 aliphatic rings. The van der Waals surface area contributed by atoms with Gasteiger partial charge in [-0.25, -0.2) is 14.4 Å². The first-order valence-electron chi connectivity index (χ1n) is 6.33. The highest BCUT2D eigenvalue weighted by Crippen LogP contribution is 2.27. The van der Waals surface area contributed by atoms with Gasteiger partial charge >= 0.3 is 0 Å². The normalized spacial score (nSPS) is 11.5. The predicted octanol–water partition coefficient (Wildman–Crippen LogP) is 4.51. The molecule has 0 spiro atoms. The Labute approximate surface area is 128 Å². The highest BCUT2D eigenvalue weighted by Gasteiger charge is 2.13. The van der Waals surface area contributed by atoms with Crippen molar-refractivity contribution < 1.29 is 4.39 Å². The molecule has 104 valence electrons. The van der Waals surface area contributed by atoms with Gasteiger partial charge in [-0.2, -0.15) is 0 Å². The quantitative estimate of drug-likeness (QED) is 0.509. The molecule has 21 heavy (non-hydrogen) atoms. The third kappa shape index (κ3) is 2.01. The van der Waals surface area contributed by atoms with E-state index in [4.69, 9.17) is 11.6 Å². The lowest BCUT2D eigenvalue weighted by Crippen LogP contribution is -1.98. The summed E-state index contributed by atoms with van der Waals surface area (Å²) < 4.78 is 16.4. The van der Waals surface area contributed by atoms with E-state index in [0.717, 1.165) is 21.4 Å². The molecule has 0 bridgehead atoms. The molecule has 6 heteroatoms. The molecule has 0 unspecified atom stereocenters. The number of fused-ring (bicyclic) bond motifs is 2. The Bertz CT molecular complexity index is 960. The fraction of sp³-hybridized carbons (Fsp3) is 0.0667. The molecular weight excluding hydrogens is 309 g/mol. The van der Waals surface area contributed by atoms with Crippen molar-refractivity contribution in [1.29, 1.82) is 0 Å². The second kappa shape index (κ2) is 4.79. The van der Waals surface area contributed by atoms with Crippen molar-refractivity contribution in [1.82, 2.24) is 14.5 Å². The Morgan fingerprint density at radius 1 is 1.14 bits per heavy atom. The Hall–Kier alpha value is -1.98. The third-order valence-electron chi connectivity index (χ3n) is 3.38. The first-order valence-corrected chi connectivity index (χ1v) is 7.74. The van der Waals surface area contributed by atoms with Crippen LogP contribution in [0.25, 0.3) is 26.9 Å². The Balaban J connectivity index is 2.03. The van der Waals surface area contributed by atoms with Gasteiger partial charge in [0.15, 0.2) is 0 Å². The lowest BCUT2D eigenvalue weighted by molar-refractivity contribution is 0.629. The van der Waals surface area contributed by atoms with Crippen LogP contribution in [0.2, 0.25) is 0 Å².